The lowest BCUT2D eigenvalue weighted by Crippen LogP contribution is -2.31. The Bertz CT molecular complexity index is 802. The number of hydrogen-bond donors (Lipinski definition) is 1. The second-order valence-corrected chi connectivity index (χ2v) is 9.94. The van der Waals surface area contributed by atoms with Crippen LogP contribution in [0, 0.1) is 11.8 Å². The molecule has 5 nitrogen and oxygen atoms in total. The summed E-state index contributed by atoms with van der Waals surface area (Å²) in [6.45, 7) is 4.15. The third kappa shape index (κ3) is 6.91. The molecule has 1 aromatic rings. The number of carbonyl (C=O) groups is 1. The zero-order chi connectivity index (χ0) is 22.2. The highest BCUT2D eigenvalue weighted by atomic mass is 35.5. The van der Waals surface area contributed by atoms with Crippen LogP contribution >= 0.6 is 23.4 Å². The number of thioether (sulfide) groups is 1. The van der Waals surface area contributed by atoms with E-state index < -0.39 is 0 Å². The van der Waals surface area contributed by atoms with Gasteiger partial charge in [-0.2, -0.15) is 11.8 Å². The number of ketones is 1. The van der Waals surface area contributed by atoms with Gasteiger partial charge in [0.05, 0.1) is 11.3 Å². The normalized spacial score (nSPS) is 23.6. The first-order valence-electron chi connectivity index (χ1n) is 11.1. The Kier molecular flexibility index (Phi) is 9.15. The minimum atomic E-state index is -0.231. The van der Waals surface area contributed by atoms with Crippen LogP contribution in [0.15, 0.2) is 40.8 Å². The van der Waals surface area contributed by atoms with Crippen LogP contribution in [-0.2, 0) is 9.63 Å². The maximum Gasteiger partial charge on any atom is 0.168 e. The highest BCUT2D eigenvalue weighted by molar-refractivity contribution is 7.99. The molecule has 0 bridgehead atoms. The molecule has 1 N–H and O–H groups in total. The van der Waals surface area contributed by atoms with Crippen LogP contribution in [0.4, 0.5) is 0 Å². The van der Waals surface area contributed by atoms with E-state index in [0.29, 0.717) is 47.2 Å². The van der Waals surface area contributed by atoms with E-state index in [9.17, 15) is 9.90 Å². The van der Waals surface area contributed by atoms with E-state index in [4.69, 9.17) is 21.2 Å². The van der Waals surface area contributed by atoms with Gasteiger partial charge in [-0.3, -0.25) is 4.79 Å². The number of allylic oxidation sites excluding steroid dienone is 2. The molecule has 3 atom stereocenters. The molecule has 0 radical (unpaired) electrons. The molecule has 1 heterocycles. The number of oxime groups is 1. The number of aliphatic hydroxyl groups excluding tert-OH is 1. The van der Waals surface area contributed by atoms with Crippen molar-refractivity contribution in [3.05, 3.63) is 40.6 Å². The standard InChI is InChI=1S/C24H32ClNO4S/c1-3-5-21(26-29-14-16(2)30-20-9-7-19(25)8-10-20)24-22(27)12-18(13-23(24)28)17-6-4-11-31-15-17/h7-10,16-18,27H,3-6,11-15H2,1-2H3/b26-21-/t16-,17+,18+/m0/s1. The number of Topliss-reactive ketones (excluding diaryl/α,β-unsaturated/α-hetero) is 1. The Morgan fingerprint density at radius 3 is 2.71 bits per heavy atom. The van der Waals surface area contributed by atoms with Crippen molar-refractivity contribution in [3.63, 3.8) is 0 Å². The molecule has 1 saturated heterocycles. The van der Waals surface area contributed by atoms with Gasteiger partial charge in [0.15, 0.2) is 12.4 Å². The molecule has 7 heteroatoms. The van der Waals surface area contributed by atoms with Crippen molar-refractivity contribution in [1.29, 1.82) is 0 Å². The molecule has 3 rings (SSSR count). The fraction of sp³-hybridized carbons (Fsp3) is 0.583. The Morgan fingerprint density at radius 1 is 1.29 bits per heavy atom. The van der Waals surface area contributed by atoms with E-state index in [-0.39, 0.29) is 30.2 Å². The maximum atomic E-state index is 12.9. The van der Waals surface area contributed by atoms with Gasteiger partial charge in [0.2, 0.25) is 0 Å². The third-order valence-corrected chi connectivity index (χ3v) is 7.24. The van der Waals surface area contributed by atoms with Crippen LogP contribution in [0.25, 0.3) is 0 Å². The molecule has 170 valence electrons. The van der Waals surface area contributed by atoms with Crippen molar-refractivity contribution < 1.29 is 19.5 Å². The molecule has 1 fully saturated rings. The summed E-state index contributed by atoms with van der Waals surface area (Å²) in [4.78, 5) is 18.5. The molecule has 0 aromatic heterocycles. The van der Waals surface area contributed by atoms with E-state index in [0.717, 1.165) is 18.6 Å². The summed E-state index contributed by atoms with van der Waals surface area (Å²) in [5.41, 5.74) is 0.910. The average molecular weight is 466 g/mol. The molecule has 0 unspecified atom stereocenters. The zero-order valence-corrected chi connectivity index (χ0v) is 19.9. The third-order valence-electron chi connectivity index (χ3n) is 5.74. The van der Waals surface area contributed by atoms with Gasteiger partial charge in [-0.15, -0.1) is 0 Å². The first kappa shape index (κ1) is 24.0. The van der Waals surface area contributed by atoms with Crippen molar-refractivity contribution >= 4 is 34.9 Å². The second-order valence-electron chi connectivity index (χ2n) is 8.36. The molecule has 0 saturated carbocycles. The van der Waals surface area contributed by atoms with Crippen molar-refractivity contribution in [2.24, 2.45) is 17.0 Å². The Balaban J connectivity index is 1.62. The summed E-state index contributed by atoms with van der Waals surface area (Å²) in [6.07, 6.45) is 4.56. The largest absolute Gasteiger partial charge is 0.511 e. The Morgan fingerprint density at radius 2 is 2.06 bits per heavy atom. The van der Waals surface area contributed by atoms with Crippen LogP contribution < -0.4 is 4.74 Å². The molecule has 1 aliphatic heterocycles. The summed E-state index contributed by atoms with van der Waals surface area (Å²) in [7, 11) is 0. The number of aliphatic hydroxyl groups is 1. The molecule has 1 aromatic carbocycles. The van der Waals surface area contributed by atoms with E-state index in [1.807, 2.05) is 25.6 Å². The lowest BCUT2D eigenvalue weighted by atomic mass is 9.76. The summed E-state index contributed by atoms with van der Waals surface area (Å²) < 4.78 is 5.80. The van der Waals surface area contributed by atoms with E-state index in [1.165, 1.54) is 12.2 Å². The minimum Gasteiger partial charge on any atom is -0.511 e. The minimum absolute atomic E-state index is 0.00872. The summed E-state index contributed by atoms with van der Waals surface area (Å²) in [5, 5.41) is 15.6. The number of benzene rings is 1. The smallest absolute Gasteiger partial charge is 0.168 e. The fourth-order valence-electron chi connectivity index (χ4n) is 4.17. The highest BCUT2D eigenvalue weighted by Gasteiger charge is 2.35. The van der Waals surface area contributed by atoms with Gasteiger partial charge in [0, 0.05) is 17.9 Å². The maximum absolute atomic E-state index is 12.9. The molecule has 0 spiro atoms. The molecule has 31 heavy (non-hydrogen) atoms. The number of ether oxygens (including phenoxy) is 1. The second kappa shape index (κ2) is 11.8. The lowest BCUT2D eigenvalue weighted by molar-refractivity contribution is -0.117. The predicted octanol–water partition coefficient (Wildman–Crippen LogP) is 6.21. The topological polar surface area (TPSA) is 68.1 Å². The number of rotatable bonds is 9. The average Bonchev–Trinajstić information content (AvgIpc) is 2.75. The van der Waals surface area contributed by atoms with Gasteiger partial charge in [-0.1, -0.05) is 30.1 Å². The van der Waals surface area contributed by atoms with Crippen LogP contribution in [0.1, 0.15) is 52.4 Å². The SMILES string of the molecule is CCC/C(=N/OC[C@H](C)Oc1ccc(Cl)cc1)C1=C(O)C[C@@H]([C@@H]2CCCSC2)CC1=O. The number of hydrogen-bond acceptors (Lipinski definition) is 6. The highest BCUT2D eigenvalue weighted by Crippen LogP contribution is 2.38. The van der Waals surface area contributed by atoms with Crippen LogP contribution in [0.2, 0.25) is 5.02 Å². The van der Waals surface area contributed by atoms with Crippen LogP contribution in [0.5, 0.6) is 5.75 Å². The van der Waals surface area contributed by atoms with Gasteiger partial charge in [-0.25, -0.2) is 0 Å². The van der Waals surface area contributed by atoms with Crippen LogP contribution in [0.3, 0.4) is 0 Å². The number of carbonyl (C=O) groups excluding carboxylic acids is 1. The first-order valence-corrected chi connectivity index (χ1v) is 12.7. The zero-order valence-electron chi connectivity index (χ0n) is 18.3. The van der Waals surface area contributed by atoms with Crippen molar-refractivity contribution in [3.8, 4) is 5.75 Å². The predicted molar refractivity (Wildman–Crippen MR) is 127 cm³/mol. The van der Waals surface area contributed by atoms with Crippen LogP contribution in [-0.4, -0.2) is 40.8 Å². The summed E-state index contributed by atoms with van der Waals surface area (Å²) >= 11 is 7.85. The number of nitrogens with zero attached hydrogens (tertiary/aromatic N) is 1. The molecular formula is C24H32ClNO4S. The van der Waals surface area contributed by atoms with Crippen molar-refractivity contribution in [2.45, 2.75) is 58.5 Å². The van der Waals surface area contributed by atoms with Gasteiger partial charge in [0.25, 0.3) is 0 Å². The molecular weight excluding hydrogens is 434 g/mol. The molecule has 2 aliphatic rings. The molecule has 0 amide bonds. The first-order chi connectivity index (χ1) is 15.0. The lowest BCUT2D eigenvalue weighted by Gasteiger charge is -2.32. The van der Waals surface area contributed by atoms with E-state index in [2.05, 4.69) is 5.16 Å². The van der Waals surface area contributed by atoms with E-state index >= 15 is 0 Å². The Labute approximate surface area is 194 Å². The summed E-state index contributed by atoms with van der Waals surface area (Å²) in [5.74, 6) is 3.91. The van der Waals surface area contributed by atoms with Crippen molar-refractivity contribution in [2.75, 3.05) is 18.1 Å². The van der Waals surface area contributed by atoms with E-state index in [1.54, 1.807) is 24.3 Å². The van der Waals surface area contributed by atoms with Gasteiger partial charge in [-0.05, 0) is 73.8 Å². The molecule has 1 aliphatic carbocycles. The summed E-state index contributed by atoms with van der Waals surface area (Å²) in [6, 6.07) is 7.14. The van der Waals surface area contributed by atoms with Crippen molar-refractivity contribution in [1.82, 2.24) is 0 Å². The van der Waals surface area contributed by atoms with Gasteiger partial charge < -0.3 is 14.7 Å². The quantitative estimate of drug-likeness (QED) is 0.346. The number of halogens is 1. The fourth-order valence-corrected chi connectivity index (χ4v) is 5.58. The van der Waals surface area contributed by atoms with Gasteiger partial charge in [0.1, 0.15) is 17.6 Å². The Hall–Kier alpha value is -1.66. The monoisotopic (exact) mass is 465 g/mol. The van der Waals surface area contributed by atoms with Gasteiger partial charge >= 0.3 is 0 Å².